The van der Waals surface area contributed by atoms with Gasteiger partial charge in [-0.15, -0.1) is 11.3 Å². The van der Waals surface area contributed by atoms with Crippen molar-refractivity contribution in [1.82, 2.24) is 4.90 Å². The van der Waals surface area contributed by atoms with E-state index in [1.54, 1.807) is 21.2 Å². The van der Waals surface area contributed by atoms with Crippen molar-refractivity contribution in [2.45, 2.75) is 19.4 Å². The highest BCUT2D eigenvalue weighted by Gasteiger charge is 2.23. The van der Waals surface area contributed by atoms with Crippen LogP contribution >= 0.6 is 11.3 Å². The lowest BCUT2D eigenvalue weighted by molar-refractivity contribution is 0.0833. The van der Waals surface area contributed by atoms with E-state index in [4.69, 9.17) is 10.5 Å². The van der Waals surface area contributed by atoms with Gasteiger partial charge in [0.05, 0.1) is 12.3 Å². The molecule has 1 unspecified atom stereocenters. The minimum Gasteiger partial charge on any atom is -0.396 e. The molecular formula is C13H20N4O2S. The van der Waals surface area contributed by atoms with Crippen molar-refractivity contribution in [3.63, 3.8) is 0 Å². The largest absolute Gasteiger partial charge is 0.396 e. The van der Waals surface area contributed by atoms with Crippen molar-refractivity contribution in [3.05, 3.63) is 10.4 Å². The number of nitrogens with one attached hydrogen (secondary N) is 1. The molecule has 0 bridgehead atoms. The fourth-order valence-corrected chi connectivity index (χ4v) is 2.84. The first kappa shape index (κ1) is 16.3. The number of hydrogen-bond donors (Lipinski definition) is 2. The number of amides is 1. The van der Waals surface area contributed by atoms with Gasteiger partial charge in [0, 0.05) is 27.2 Å². The van der Waals surface area contributed by atoms with Crippen LogP contribution in [0.2, 0.25) is 0 Å². The Balaban J connectivity index is 3.12. The van der Waals surface area contributed by atoms with Crippen LogP contribution in [-0.4, -0.2) is 44.7 Å². The molecule has 6 nitrogen and oxygen atoms in total. The molecule has 7 heteroatoms. The monoisotopic (exact) mass is 296 g/mol. The van der Waals surface area contributed by atoms with Crippen LogP contribution in [0.25, 0.3) is 0 Å². The molecule has 0 saturated carbocycles. The van der Waals surface area contributed by atoms with Gasteiger partial charge in [0.25, 0.3) is 5.91 Å². The van der Waals surface area contributed by atoms with E-state index in [9.17, 15) is 10.1 Å². The minimum absolute atomic E-state index is 0.0764. The molecule has 1 amide bonds. The number of methoxy groups -OCH3 is 1. The van der Waals surface area contributed by atoms with Gasteiger partial charge < -0.3 is 20.7 Å². The van der Waals surface area contributed by atoms with Crippen LogP contribution in [-0.2, 0) is 4.74 Å². The molecule has 1 heterocycles. The van der Waals surface area contributed by atoms with Crippen LogP contribution in [0, 0.1) is 11.3 Å². The van der Waals surface area contributed by atoms with Crippen molar-refractivity contribution in [1.29, 1.82) is 5.26 Å². The highest BCUT2D eigenvalue weighted by molar-refractivity contribution is 7.18. The number of carbonyl (C=O) groups is 1. The van der Waals surface area contributed by atoms with E-state index in [2.05, 4.69) is 11.4 Å². The number of ether oxygens (including phenoxy) is 1. The normalized spacial score (nSPS) is 11.8. The second kappa shape index (κ2) is 7.12. The van der Waals surface area contributed by atoms with Crippen molar-refractivity contribution < 1.29 is 9.53 Å². The van der Waals surface area contributed by atoms with Crippen LogP contribution in [0.1, 0.15) is 28.6 Å². The fraction of sp³-hybridized carbons (Fsp3) is 0.538. The lowest BCUT2D eigenvalue weighted by Crippen LogP contribution is -2.23. The molecule has 0 spiro atoms. The maximum Gasteiger partial charge on any atom is 0.265 e. The predicted molar refractivity (Wildman–Crippen MR) is 81.0 cm³/mol. The lowest BCUT2D eigenvalue weighted by Gasteiger charge is -2.16. The van der Waals surface area contributed by atoms with Gasteiger partial charge in [-0.1, -0.05) is 6.92 Å². The van der Waals surface area contributed by atoms with Crippen molar-refractivity contribution >= 4 is 27.9 Å². The highest BCUT2D eigenvalue weighted by Crippen LogP contribution is 2.36. The van der Waals surface area contributed by atoms with Crippen molar-refractivity contribution in [3.8, 4) is 6.07 Å². The van der Waals surface area contributed by atoms with Gasteiger partial charge >= 0.3 is 0 Å². The number of thiophene rings is 1. The second-order valence-electron chi connectivity index (χ2n) is 4.57. The fourth-order valence-electron chi connectivity index (χ4n) is 1.67. The minimum atomic E-state index is -0.197. The topological polar surface area (TPSA) is 91.4 Å². The summed E-state index contributed by atoms with van der Waals surface area (Å²) in [5, 5.41) is 13.1. The number of nitrogen functional groups attached to an aromatic ring is 1. The average Bonchev–Trinajstić information content (AvgIpc) is 2.73. The van der Waals surface area contributed by atoms with Crippen molar-refractivity contribution in [2.24, 2.45) is 0 Å². The Morgan fingerprint density at radius 3 is 2.70 bits per heavy atom. The number of nitrogens with zero attached hydrogens (tertiary/aromatic N) is 2. The smallest absolute Gasteiger partial charge is 0.265 e. The molecular weight excluding hydrogens is 276 g/mol. The summed E-state index contributed by atoms with van der Waals surface area (Å²) in [5.74, 6) is -0.197. The Bertz CT molecular complexity index is 519. The molecule has 0 aliphatic carbocycles. The van der Waals surface area contributed by atoms with Gasteiger partial charge in [-0.05, 0) is 6.42 Å². The quantitative estimate of drug-likeness (QED) is 0.834. The molecule has 0 fully saturated rings. The van der Waals surface area contributed by atoms with Crippen LogP contribution in [0.15, 0.2) is 0 Å². The van der Waals surface area contributed by atoms with Gasteiger partial charge in [0.15, 0.2) is 0 Å². The Kier molecular flexibility index (Phi) is 5.80. The van der Waals surface area contributed by atoms with Gasteiger partial charge in [-0.3, -0.25) is 4.79 Å². The Morgan fingerprint density at radius 1 is 1.60 bits per heavy atom. The molecule has 0 saturated heterocycles. The standard InChI is InChI=1S/C13H20N4O2S/c1-5-8(7-19-4)16-12-9(6-14)10(15)11(20-12)13(18)17(2)3/h8,16H,5,7,15H2,1-4H3. The summed E-state index contributed by atoms with van der Waals surface area (Å²) in [5.41, 5.74) is 6.48. The molecule has 1 aromatic heterocycles. The van der Waals surface area contributed by atoms with E-state index in [1.165, 1.54) is 16.2 Å². The number of anilines is 2. The zero-order chi connectivity index (χ0) is 15.3. The molecule has 1 rings (SSSR count). The molecule has 0 aliphatic rings. The SMILES string of the molecule is CCC(COC)Nc1sc(C(=O)N(C)C)c(N)c1C#N. The Hall–Kier alpha value is -1.78. The second-order valence-corrected chi connectivity index (χ2v) is 5.59. The van der Waals surface area contributed by atoms with Gasteiger partial charge in [-0.2, -0.15) is 5.26 Å². The van der Waals surface area contributed by atoms with Gasteiger partial charge in [-0.25, -0.2) is 0 Å². The van der Waals surface area contributed by atoms with Gasteiger partial charge in [0.1, 0.15) is 21.5 Å². The van der Waals surface area contributed by atoms with Crippen LogP contribution < -0.4 is 11.1 Å². The predicted octanol–water partition coefficient (Wildman–Crippen LogP) is 1.74. The van der Waals surface area contributed by atoms with E-state index < -0.39 is 0 Å². The molecule has 110 valence electrons. The Labute approximate surface area is 123 Å². The third-order valence-electron chi connectivity index (χ3n) is 2.85. The van der Waals surface area contributed by atoms with E-state index in [-0.39, 0.29) is 17.6 Å². The third-order valence-corrected chi connectivity index (χ3v) is 3.98. The first-order valence-electron chi connectivity index (χ1n) is 6.25. The summed E-state index contributed by atoms with van der Waals surface area (Å²) in [6, 6.07) is 2.14. The van der Waals surface area contributed by atoms with E-state index in [1.807, 2.05) is 6.92 Å². The summed E-state index contributed by atoms with van der Waals surface area (Å²) in [6.45, 7) is 2.54. The number of rotatable bonds is 6. The van der Waals surface area contributed by atoms with Gasteiger partial charge in [0.2, 0.25) is 0 Å². The first-order chi connectivity index (χ1) is 9.46. The number of nitrogens with two attached hydrogens (primary N) is 1. The molecule has 1 aromatic rings. The molecule has 0 aromatic carbocycles. The maximum atomic E-state index is 12.0. The highest BCUT2D eigenvalue weighted by atomic mass is 32.1. The summed E-state index contributed by atoms with van der Waals surface area (Å²) in [4.78, 5) is 13.9. The molecule has 3 N–H and O–H groups in total. The number of hydrogen-bond acceptors (Lipinski definition) is 6. The maximum absolute atomic E-state index is 12.0. The molecule has 0 radical (unpaired) electrons. The van der Waals surface area contributed by atoms with Crippen LogP contribution in [0.3, 0.4) is 0 Å². The van der Waals surface area contributed by atoms with Crippen molar-refractivity contribution in [2.75, 3.05) is 38.9 Å². The summed E-state index contributed by atoms with van der Waals surface area (Å²) >= 11 is 1.21. The third kappa shape index (κ3) is 3.40. The zero-order valence-corrected chi connectivity index (χ0v) is 13.0. The summed E-state index contributed by atoms with van der Waals surface area (Å²) in [7, 11) is 4.93. The van der Waals surface area contributed by atoms with Crippen LogP contribution in [0.4, 0.5) is 10.7 Å². The Morgan fingerprint density at radius 2 is 2.25 bits per heavy atom. The lowest BCUT2D eigenvalue weighted by atomic mass is 10.2. The number of nitriles is 1. The summed E-state index contributed by atoms with van der Waals surface area (Å²) < 4.78 is 5.12. The van der Waals surface area contributed by atoms with E-state index >= 15 is 0 Å². The van der Waals surface area contributed by atoms with Crippen LogP contribution in [0.5, 0.6) is 0 Å². The summed E-state index contributed by atoms with van der Waals surface area (Å²) in [6.07, 6.45) is 0.841. The molecule has 20 heavy (non-hydrogen) atoms. The number of carbonyl (C=O) groups excluding carboxylic acids is 1. The molecule has 0 aliphatic heterocycles. The van der Waals surface area contributed by atoms with E-state index in [0.29, 0.717) is 22.0 Å². The average molecular weight is 296 g/mol. The first-order valence-corrected chi connectivity index (χ1v) is 7.07. The molecule has 1 atom stereocenters. The van der Waals surface area contributed by atoms with E-state index in [0.717, 1.165) is 6.42 Å². The zero-order valence-electron chi connectivity index (χ0n) is 12.2.